The van der Waals surface area contributed by atoms with Crippen LogP contribution in [0.2, 0.25) is 0 Å². The standard InChI is InChI=1S/C24H30N2O2/c1-24(2,3)23(27)26-15-20-16-28-25(4)21(20)14-22(26)19-12-8-11-18(13-19)17-9-6-5-7-10-17/h5-13,20-22H,14-16H2,1-4H3/t20-,21-,22-/m0/s1. The number of amides is 1. The molecule has 28 heavy (non-hydrogen) atoms. The van der Waals surface area contributed by atoms with Gasteiger partial charge in [-0.15, -0.1) is 0 Å². The fraction of sp³-hybridized carbons (Fsp3) is 0.458. The maximum Gasteiger partial charge on any atom is 0.228 e. The first-order chi connectivity index (χ1) is 13.3. The smallest absolute Gasteiger partial charge is 0.228 e. The van der Waals surface area contributed by atoms with Crippen LogP contribution in [0.4, 0.5) is 0 Å². The van der Waals surface area contributed by atoms with Crippen molar-refractivity contribution in [2.75, 3.05) is 20.2 Å². The van der Waals surface area contributed by atoms with E-state index in [4.69, 9.17) is 4.84 Å². The SMILES string of the molecule is CN1OC[C@@H]2CN(C(=O)C(C)(C)C)[C@H](c3cccc(-c4ccccc4)c3)C[C@@H]21. The molecule has 2 aliphatic rings. The molecular weight excluding hydrogens is 348 g/mol. The summed E-state index contributed by atoms with van der Waals surface area (Å²) in [7, 11) is 2.02. The Morgan fingerprint density at radius 1 is 1.04 bits per heavy atom. The molecule has 0 radical (unpaired) electrons. The van der Waals surface area contributed by atoms with Crippen LogP contribution >= 0.6 is 0 Å². The van der Waals surface area contributed by atoms with Gasteiger partial charge < -0.3 is 4.90 Å². The third-order valence-electron chi connectivity index (χ3n) is 6.06. The third-order valence-corrected chi connectivity index (χ3v) is 6.06. The van der Waals surface area contributed by atoms with Gasteiger partial charge in [-0.05, 0) is 29.2 Å². The summed E-state index contributed by atoms with van der Waals surface area (Å²) in [5.74, 6) is 0.598. The Morgan fingerprint density at radius 3 is 2.46 bits per heavy atom. The number of carbonyl (C=O) groups is 1. The van der Waals surface area contributed by atoms with E-state index in [0.29, 0.717) is 18.6 Å². The fourth-order valence-corrected chi connectivity index (χ4v) is 4.50. The monoisotopic (exact) mass is 378 g/mol. The normalized spacial score (nSPS) is 25.6. The van der Waals surface area contributed by atoms with Crippen LogP contribution in [0.5, 0.6) is 0 Å². The number of hydrogen-bond acceptors (Lipinski definition) is 3. The average Bonchev–Trinajstić information content (AvgIpc) is 3.06. The lowest BCUT2D eigenvalue weighted by Crippen LogP contribution is -2.52. The highest BCUT2D eigenvalue weighted by Crippen LogP contribution is 2.41. The minimum Gasteiger partial charge on any atom is -0.335 e. The van der Waals surface area contributed by atoms with E-state index in [1.807, 2.05) is 38.9 Å². The van der Waals surface area contributed by atoms with E-state index in [-0.39, 0.29) is 11.9 Å². The van der Waals surface area contributed by atoms with Crippen LogP contribution in [-0.2, 0) is 9.63 Å². The Kier molecular flexibility index (Phi) is 5.02. The van der Waals surface area contributed by atoms with Crippen molar-refractivity contribution in [1.29, 1.82) is 0 Å². The van der Waals surface area contributed by atoms with Crippen LogP contribution in [0.1, 0.15) is 38.8 Å². The number of nitrogens with zero attached hydrogens (tertiary/aromatic N) is 2. The van der Waals surface area contributed by atoms with E-state index < -0.39 is 5.41 Å². The van der Waals surface area contributed by atoms with Gasteiger partial charge in [-0.2, -0.15) is 5.06 Å². The second-order valence-electron chi connectivity index (χ2n) is 9.12. The van der Waals surface area contributed by atoms with Crippen molar-refractivity contribution in [3.63, 3.8) is 0 Å². The second-order valence-corrected chi connectivity index (χ2v) is 9.12. The van der Waals surface area contributed by atoms with Gasteiger partial charge in [0, 0.05) is 31.0 Å². The van der Waals surface area contributed by atoms with Crippen molar-refractivity contribution >= 4 is 5.91 Å². The molecule has 0 aliphatic carbocycles. The van der Waals surface area contributed by atoms with E-state index in [2.05, 4.69) is 53.4 Å². The minimum absolute atomic E-state index is 0.0702. The van der Waals surface area contributed by atoms with Gasteiger partial charge in [-0.1, -0.05) is 69.3 Å². The van der Waals surface area contributed by atoms with Gasteiger partial charge in [-0.25, -0.2) is 0 Å². The number of hydroxylamine groups is 2. The lowest BCUT2D eigenvalue weighted by Gasteiger charge is -2.44. The van der Waals surface area contributed by atoms with Crippen molar-refractivity contribution < 1.29 is 9.63 Å². The van der Waals surface area contributed by atoms with Gasteiger partial charge in [0.1, 0.15) is 0 Å². The Morgan fingerprint density at radius 2 is 1.75 bits per heavy atom. The zero-order valence-corrected chi connectivity index (χ0v) is 17.3. The summed E-state index contributed by atoms with van der Waals surface area (Å²) < 4.78 is 0. The van der Waals surface area contributed by atoms with Gasteiger partial charge in [-0.3, -0.25) is 9.63 Å². The highest BCUT2D eigenvalue weighted by atomic mass is 16.7. The van der Waals surface area contributed by atoms with E-state index in [9.17, 15) is 4.79 Å². The van der Waals surface area contributed by atoms with E-state index in [0.717, 1.165) is 13.0 Å². The Hall–Kier alpha value is -2.17. The number of likely N-dealkylation sites (tertiary alicyclic amines) is 1. The Labute approximate surface area is 168 Å². The molecule has 0 saturated carbocycles. The molecule has 2 saturated heterocycles. The molecule has 4 heteroatoms. The molecule has 0 aromatic heterocycles. The number of hydrogen-bond donors (Lipinski definition) is 0. The average molecular weight is 379 g/mol. The van der Waals surface area contributed by atoms with Crippen molar-refractivity contribution in [2.45, 2.75) is 39.3 Å². The molecule has 2 aromatic rings. The molecule has 3 atom stereocenters. The molecule has 2 aromatic carbocycles. The van der Waals surface area contributed by atoms with E-state index >= 15 is 0 Å². The lowest BCUT2D eigenvalue weighted by atomic mass is 9.82. The van der Waals surface area contributed by atoms with Crippen LogP contribution in [0.25, 0.3) is 11.1 Å². The molecule has 0 spiro atoms. The molecule has 4 nitrogen and oxygen atoms in total. The van der Waals surface area contributed by atoms with Gasteiger partial charge in [0.05, 0.1) is 12.6 Å². The van der Waals surface area contributed by atoms with Gasteiger partial charge in [0.25, 0.3) is 0 Å². The molecule has 0 bridgehead atoms. The molecule has 2 fully saturated rings. The maximum atomic E-state index is 13.3. The molecule has 2 heterocycles. The minimum atomic E-state index is -0.395. The maximum absolute atomic E-state index is 13.3. The van der Waals surface area contributed by atoms with Gasteiger partial charge in [0.2, 0.25) is 5.91 Å². The predicted molar refractivity (Wildman–Crippen MR) is 111 cm³/mol. The van der Waals surface area contributed by atoms with Crippen LogP contribution < -0.4 is 0 Å². The fourth-order valence-electron chi connectivity index (χ4n) is 4.50. The molecule has 0 unspecified atom stereocenters. The van der Waals surface area contributed by atoms with Crippen molar-refractivity contribution in [3.8, 4) is 11.1 Å². The largest absolute Gasteiger partial charge is 0.335 e. The lowest BCUT2D eigenvalue weighted by molar-refractivity contribution is -0.147. The summed E-state index contributed by atoms with van der Waals surface area (Å²) in [4.78, 5) is 21.2. The Balaban J connectivity index is 1.71. The van der Waals surface area contributed by atoms with E-state index in [1.165, 1.54) is 16.7 Å². The second kappa shape index (κ2) is 7.34. The quantitative estimate of drug-likeness (QED) is 0.769. The van der Waals surface area contributed by atoms with E-state index in [1.54, 1.807) is 0 Å². The zero-order chi connectivity index (χ0) is 19.9. The first-order valence-electron chi connectivity index (χ1n) is 10.2. The summed E-state index contributed by atoms with van der Waals surface area (Å²) in [5, 5.41) is 2.00. The molecule has 1 amide bonds. The number of carbonyl (C=O) groups excluding carboxylic acids is 1. The van der Waals surface area contributed by atoms with Crippen LogP contribution in [0.3, 0.4) is 0 Å². The number of fused-ring (bicyclic) bond motifs is 1. The summed E-state index contributed by atoms with van der Waals surface area (Å²) in [6.07, 6.45) is 0.904. The predicted octanol–water partition coefficient (Wildman–Crippen LogP) is 4.53. The molecule has 2 aliphatic heterocycles. The van der Waals surface area contributed by atoms with Crippen molar-refractivity contribution in [3.05, 3.63) is 60.2 Å². The highest BCUT2D eigenvalue weighted by molar-refractivity contribution is 5.82. The number of piperidine rings is 1. The van der Waals surface area contributed by atoms with Gasteiger partial charge in [0.15, 0.2) is 0 Å². The molecule has 4 rings (SSSR count). The summed E-state index contributed by atoms with van der Waals surface area (Å²) >= 11 is 0. The van der Waals surface area contributed by atoms with Crippen LogP contribution in [0, 0.1) is 11.3 Å². The van der Waals surface area contributed by atoms with Crippen molar-refractivity contribution in [2.24, 2.45) is 11.3 Å². The first-order valence-corrected chi connectivity index (χ1v) is 10.2. The van der Waals surface area contributed by atoms with Crippen LogP contribution in [0.15, 0.2) is 54.6 Å². The number of benzene rings is 2. The summed E-state index contributed by atoms with van der Waals surface area (Å²) in [6.45, 7) is 7.49. The number of rotatable bonds is 2. The first kappa shape index (κ1) is 19.2. The van der Waals surface area contributed by atoms with Gasteiger partial charge >= 0.3 is 0 Å². The molecule has 0 N–H and O–H groups in total. The zero-order valence-electron chi connectivity index (χ0n) is 17.3. The Bertz CT molecular complexity index is 843. The van der Waals surface area contributed by atoms with Crippen molar-refractivity contribution in [1.82, 2.24) is 9.96 Å². The van der Waals surface area contributed by atoms with Crippen LogP contribution in [-0.4, -0.2) is 42.1 Å². The summed E-state index contributed by atoms with van der Waals surface area (Å²) in [5.41, 5.74) is 3.21. The highest BCUT2D eigenvalue weighted by Gasteiger charge is 2.45. The molecular formula is C24H30N2O2. The topological polar surface area (TPSA) is 32.8 Å². The molecule has 148 valence electrons. The summed E-state index contributed by atoms with van der Waals surface area (Å²) in [6, 6.07) is 19.5. The third kappa shape index (κ3) is 3.59.